The fraction of sp³-hybridized carbons (Fsp3) is 0.444. The molecule has 0 spiro atoms. The van der Waals surface area contributed by atoms with E-state index in [9.17, 15) is 19.2 Å². The van der Waals surface area contributed by atoms with E-state index in [1.807, 2.05) is 100 Å². The zero-order valence-corrected chi connectivity index (χ0v) is 27.8. The van der Waals surface area contributed by atoms with Crippen LogP contribution in [-0.4, -0.2) is 52.9 Å². The van der Waals surface area contributed by atoms with E-state index in [4.69, 9.17) is 4.74 Å². The Morgan fingerprint density at radius 1 is 0.844 bits per heavy atom. The molecule has 3 rings (SSSR count). The summed E-state index contributed by atoms with van der Waals surface area (Å²) >= 11 is 0. The molecule has 0 saturated heterocycles. The fourth-order valence-electron chi connectivity index (χ4n) is 5.15. The first-order chi connectivity index (χ1) is 21.2. The van der Waals surface area contributed by atoms with Gasteiger partial charge in [0.15, 0.2) is 0 Å². The molecule has 0 aliphatic carbocycles. The molecule has 45 heavy (non-hydrogen) atoms. The van der Waals surface area contributed by atoms with Crippen LogP contribution in [0, 0.1) is 5.92 Å². The van der Waals surface area contributed by atoms with Crippen LogP contribution >= 0.6 is 0 Å². The largest absolute Gasteiger partial charge is 0.445 e. The average Bonchev–Trinajstić information content (AvgIpc) is 3.02. The summed E-state index contributed by atoms with van der Waals surface area (Å²) in [7, 11) is 1.74. The molecule has 9 heteroatoms. The summed E-state index contributed by atoms with van der Waals surface area (Å²) in [5, 5.41) is 10.5. The second-order valence-corrected chi connectivity index (χ2v) is 12.8. The van der Waals surface area contributed by atoms with Gasteiger partial charge in [-0.25, -0.2) is 4.79 Å². The zero-order chi connectivity index (χ0) is 33.4. The molecule has 0 saturated carbocycles. The van der Waals surface area contributed by atoms with Gasteiger partial charge in [-0.3, -0.25) is 14.4 Å². The molecule has 0 bridgehead atoms. The number of rotatable bonds is 13. The first kappa shape index (κ1) is 35.1. The van der Waals surface area contributed by atoms with Crippen molar-refractivity contribution in [2.24, 2.45) is 5.92 Å². The maximum atomic E-state index is 13.9. The van der Waals surface area contributed by atoms with Gasteiger partial charge in [-0.15, -0.1) is 0 Å². The minimum absolute atomic E-state index is 0.0633. The Morgan fingerprint density at radius 3 is 2.11 bits per heavy atom. The van der Waals surface area contributed by atoms with Crippen molar-refractivity contribution in [3.63, 3.8) is 0 Å². The van der Waals surface area contributed by atoms with E-state index in [1.54, 1.807) is 32.7 Å². The van der Waals surface area contributed by atoms with E-state index in [2.05, 4.69) is 16.0 Å². The van der Waals surface area contributed by atoms with Crippen LogP contribution in [0.4, 0.5) is 4.79 Å². The molecule has 3 aromatic rings. The van der Waals surface area contributed by atoms with Gasteiger partial charge in [0, 0.05) is 7.05 Å². The van der Waals surface area contributed by atoms with Gasteiger partial charge in [-0.05, 0) is 68.4 Å². The molecule has 0 fully saturated rings. The zero-order valence-electron chi connectivity index (χ0n) is 27.8. The summed E-state index contributed by atoms with van der Waals surface area (Å²) in [6.07, 6.45) is -0.0558. The van der Waals surface area contributed by atoms with Crippen LogP contribution in [0.3, 0.4) is 0 Å². The molecule has 0 aliphatic rings. The van der Waals surface area contributed by atoms with E-state index < -0.39 is 35.0 Å². The van der Waals surface area contributed by atoms with Gasteiger partial charge in [-0.2, -0.15) is 0 Å². The topological polar surface area (TPSA) is 117 Å². The predicted octanol–water partition coefficient (Wildman–Crippen LogP) is 5.88. The van der Waals surface area contributed by atoms with Crippen molar-refractivity contribution in [1.82, 2.24) is 20.9 Å². The SMILES string of the molecule is CC[C@@](C)(NC(=O)C(C)(C)NC(=O)[C@H](CC(C)C)NC(=O)OCc1ccccc1)C(=O)N(C)[C@H](C)c1cccc2ccccc12. The summed E-state index contributed by atoms with van der Waals surface area (Å²) < 4.78 is 5.32. The Kier molecular flexibility index (Phi) is 11.7. The van der Waals surface area contributed by atoms with Gasteiger partial charge in [0.25, 0.3) is 0 Å². The molecule has 0 aromatic heterocycles. The number of amides is 4. The smallest absolute Gasteiger partial charge is 0.408 e. The summed E-state index contributed by atoms with van der Waals surface area (Å²) in [4.78, 5) is 55.2. The molecule has 0 radical (unpaired) electrons. The van der Waals surface area contributed by atoms with Crippen molar-refractivity contribution in [2.75, 3.05) is 7.05 Å². The summed E-state index contributed by atoms with van der Waals surface area (Å²) in [5.74, 6) is -1.21. The lowest BCUT2D eigenvalue weighted by atomic mass is 9.92. The van der Waals surface area contributed by atoms with E-state index >= 15 is 0 Å². The van der Waals surface area contributed by atoms with Crippen LogP contribution in [0.2, 0.25) is 0 Å². The summed E-state index contributed by atoms with van der Waals surface area (Å²) in [6, 6.07) is 22.1. The Labute approximate surface area is 267 Å². The molecular weight excluding hydrogens is 568 g/mol. The number of hydrogen-bond acceptors (Lipinski definition) is 5. The quantitative estimate of drug-likeness (QED) is 0.222. The minimum Gasteiger partial charge on any atom is -0.445 e. The van der Waals surface area contributed by atoms with Crippen molar-refractivity contribution in [1.29, 1.82) is 0 Å². The van der Waals surface area contributed by atoms with Crippen molar-refractivity contribution in [3.05, 3.63) is 83.9 Å². The van der Waals surface area contributed by atoms with Gasteiger partial charge in [0.05, 0.1) is 6.04 Å². The molecule has 0 heterocycles. The van der Waals surface area contributed by atoms with Crippen LogP contribution in [0.1, 0.15) is 78.5 Å². The Hall–Kier alpha value is -4.40. The van der Waals surface area contributed by atoms with Crippen LogP contribution < -0.4 is 16.0 Å². The maximum absolute atomic E-state index is 13.9. The van der Waals surface area contributed by atoms with E-state index in [0.717, 1.165) is 21.9 Å². The number of nitrogens with one attached hydrogen (secondary N) is 3. The number of alkyl carbamates (subject to hydrolysis) is 1. The highest BCUT2D eigenvalue weighted by Crippen LogP contribution is 2.29. The maximum Gasteiger partial charge on any atom is 0.408 e. The van der Waals surface area contributed by atoms with Crippen molar-refractivity contribution < 1.29 is 23.9 Å². The lowest BCUT2D eigenvalue weighted by molar-refractivity contribution is -0.143. The highest BCUT2D eigenvalue weighted by molar-refractivity contribution is 5.97. The van der Waals surface area contributed by atoms with Crippen molar-refractivity contribution in [2.45, 2.75) is 91.1 Å². The number of benzene rings is 3. The Morgan fingerprint density at radius 2 is 1.47 bits per heavy atom. The Bertz CT molecular complexity index is 1480. The molecule has 4 amide bonds. The number of carbonyl (C=O) groups is 4. The highest BCUT2D eigenvalue weighted by atomic mass is 16.5. The Balaban J connectivity index is 1.69. The average molecular weight is 617 g/mol. The van der Waals surface area contributed by atoms with Crippen LogP contribution in [0.5, 0.6) is 0 Å². The molecule has 3 aromatic carbocycles. The van der Waals surface area contributed by atoms with Gasteiger partial charge in [-0.1, -0.05) is 93.6 Å². The highest BCUT2D eigenvalue weighted by Gasteiger charge is 2.42. The normalized spacial score (nSPS) is 14.2. The van der Waals surface area contributed by atoms with E-state index in [1.165, 1.54) is 0 Å². The summed E-state index contributed by atoms with van der Waals surface area (Å²) in [5.41, 5.74) is -0.796. The first-order valence-corrected chi connectivity index (χ1v) is 15.5. The molecule has 242 valence electrons. The van der Waals surface area contributed by atoms with Crippen molar-refractivity contribution in [3.8, 4) is 0 Å². The fourth-order valence-corrected chi connectivity index (χ4v) is 5.15. The molecule has 0 aliphatic heterocycles. The monoisotopic (exact) mass is 616 g/mol. The number of hydrogen-bond donors (Lipinski definition) is 3. The number of likely N-dealkylation sites (N-methyl/N-ethyl adjacent to an activating group) is 1. The van der Waals surface area contributed by atoms with Gasteiger partial charge in [0.1, 0.15) is 23.7 Å². The summed E-state index contributed by atoms with van der Waals surface area (Å²) in [6.45, 7) is 12.6. The number of fused-ring (bicyclic) bond motifs is 1. The molecule has 0 unspecified atom stereocenters. The van der Waals surface area contributed by atoms with Crippen LogP contribution in [0.15, 0.2) is 72.8 Å². The second-order valence-electron chi connectivity index (χ2n) is 12.8. The minimum atomic E-state index is -1.39. The van der Waals surface area contributed by atoms with Crippen LogP contribution in [0.25, 0.3) is 10.8 Å². The standard InChI is InChI=1S/C36H48N4O5/c1-9-36(7,33(43)40(8)25(4)28-21-15-19-27-18-13-14-20-29(27)28)39-32(42)35(5,6)38-31(41)30(22-24(2)3)37-34(44)45-23-26-16-11-10-12-17-26/h10-21,24-25,30H,9,22-23H2,1-8H3,(H,37,44)(H,38,41)(H,39,42)/t25-,30+,36-/m1/s1. The predicted molar refractivity (Wildman–Crippen MR) is 177 cm³/mol. The third-order valence-electron chi connectivity index (χ3n) is 8.28. The molecule has 9 nitrogen and oxygen atoms in total. The molecular formula is C36H48N4O5. The number of ether oxygens (including phenoxy) is 1. The second kappa shape index (κ2) is 15.1. The first-order valence-electron chi connectivity index (χ1n) is 15.5. The van der Waals surface area contributed by atoms with E-state index in [-0.39, 0.29) is 24.5 Å². The third-order valence-corrected chi connectivity index (χ3v) is 8.28. The number of nitrogens with zero attached hydrogens (tertiary/aromatic N) is 1. The van der Waals surface area contributed by atoms with Gasteiger partial charge >= 0.3 is 6.09 Å². The van der Waals surface area contributed by atoms with Crippen LogP contribution in [-0.2, 0) is 25.7 Å². The lowest BCUT2D eigenvalue weighted by Gasteiger charge is -2.38. The lowest BCUT2D eigenvalue weighted by Crippen LogP contribution is -2.65. The van der Waals surface area contributed by atoms with Crippen molar-refractivity contribution >= 4 is 34.6 Å². The van der Waals surface area contributed by atoms with Gasteiger partial charge < -0.3 is 25.6 Å². The van der Waals surface area contributed by atoms with Gasteiger partial charge in [0.2, 0.25) is 17.7 Å². The number of carbonyl (C=O) groups excluding carboxylic acids is 4. The molecule has 3 atom stereocenters. The third kappa shape index (κ3) is 9.06. The molecule has 3 N–H and O–H groups in total. The van der Waals surface area contributed by atoms with E-state index in [0.29, 0.717) is 12.8 Å².